The molecule has 2 fully saturated rings. The smallest absolute Gasteiger partial charge is 0.225 e. The van der Waals surface area contributed by atoms with E-state index in [1.165, 1.54) is 0 Å². The summed E-state index contributed by atoms with van der Waals surface area (Å²) in [6.45, 7) is 5.40. The summed E-state index contributed by atoms with van der Waals surface area (Å²) in [5.41, 5.74) is -0.395. The molecule has 0 aromatic carbocycles. The zero-order chi connectivity index (χ0) is 12.6. The summed E-state index contributed by atoms with van der Waals surface area (Å²) in [6.07, 6.45) is 2.18. The Hall–Kier alpha value is -0.610. The molecule has 2 rings (SSSR count). The third-order valence-corrected chi connectivity index (χ3v) is 4.30. The van der Waals surface area contributed by atoms with Gasteiger partial charge in [-0.05, 0) is 32.6 Å². The highest BCUT2D eigenvalue weighted by Gasteiger charge is 2.43. The molecule has 0 radical (unpaired) electrons. The van der Waals surface area contributed by atoms with Crippen LogP contribution in [0.4, 0.5) is 0 Å². The molecule has 4 nitrogen and oxygen atoms in total. The van der Waals surface area contributed by atoms with Crippen LogP contribution in [0.1, 0.15) is 33.1 Å². The molecule has 1 N–H and O–H groups in total. The van der Waals surface area contributed by atoms with Crippen LogP contribution in [0.25, 0.3) is 0 Å². The minimum absolute atomic E-state index is 0.151. The zero-order valence-electron chi connectivity index (χ0n) is 11.0. The molecule has 1 amide bonds. The monoisotopic (exact) mass is 241 g/mol. The quantitative estimate of drug-likeness (QED) is 0.803. The molecule has 0 aromatic heterocycles. The molecule has 1 saturated heterocycles. The number of hydrogen-bond acceptors (Lipinski definition) is 3. The lowest BCUT2D eigenvalue weighted by molar-refractivity contribution is -0.135. The average molecular weight is 241 g/mol. The van der Waals surface area contributed by atoms with Crippen molar-refractivity contribution in [1.82, 2.24) is 4.90 Å². The fourth-order valence-corrected chi connectivity index (χ4v) is 2.99. The topological polar surface area (TPSA) is 49.8 Å². The van der Waals surface area contributed by atoms with E-state index in [9.17, 15) is 9.90 Å². The van der Waals surface area contributed by atoms with Gasteiger partial charge in [0.1, 0.15) is 0 Å². The molecule has 2 aliphatic rings. The first-order chi connectivity index (χ1) is 7.93. The van der Waals surface area contributed by atoms with Crippen molar-refractivity contribution in [2.24, 2.45) is 11.8 Å². The maximum absolute atomic E-state index is 12.1. The van der Waals surface area contributed by atoms with E-state index in [-0.39, 0.29) is 12.0 Å². The highest BCUT2D eigenvalue weighted by Crippen LogP contribution is 2.38. The van der Waals surface area contributed by atoms with Crippen LogP contribution in [0, 0.1) is 11.8 Å². The van der Waals surface area contributed by atoms with Crippen LogP contribution in [0.3, 0.4) is 0 Å². The number of rotatable bonds is 3. The lowest BCUT2D eigenvalue weighted by Gasteiger charge is -2.26. The van der Waals surface area contributed by atoms with Crippen molar-refractivity contribution in [1.29, 1.82) is 0 Å². The van der Waals surface area contributed by atoms with Crippen molar-refractivity contribution < 1.29 is 14.6 Å². The first kappa shape index (κ1) is 12.8. The van der Waals surface area contributed by atoms with Crippen molar-refractivity contribution in [2.75, 3.05) is 20.2 Å². The van der Waals surface area contributed by atoms with Gasteiger partial charge in [0, 0.05) is 26.1 Å². The van der Waals surface area contributed by atoms with Gasteiger partial charge in [0.2, 0.25) is 5.91 Å². The Labute approximate surface area is 103 Å². The molecule has 17 heavy (non-hydrogen) atoms. The van der Waals surface area contributed by atoms with Crippen molar-refractivity contribution in [3.63, 3.8) is 0 Å². The van der Waals surface area contributed by atoms with E-state index in [4.69, 9.17) is 4.74 Å². The summed E-state index contributed by atoms with van der Waals surface area (Å²) >= 11 is 0. The predicted molar refractivity (Wildman–Crippen MR) is 64.5 cm³/mol. The predicted octanol–water partition coefficient (Wildman–Crippen LogP) is 1.03. The molecule has 1 aliphatic heterocycles. The SMILES string of the molecule is COC(C)(C)CC(=O)N1CC2CCC(O)C2C1. The first-order valence-corrected chi connectivity index (χ1v) is 6.44. The molecule has 98 valence electrons. The number of likely N-dealkylation sites (tertiary alicyclic amines) is 1. The minimum Gasteiger partial charge on any atom is -0.393 e. The largest absolute Gasteiger partial charge is 0.393 e. The summed E-state index contributed by atoms with van der Waals surface area (Å²) in [4.78, 5) is 14.0. The molecule has 0 bridgehead atoms. The highest BCUT2D eigenvalue weighted by atomic mass is 16.5. The van der Waals surface area contributed by atoms with Crippen molar-refractivity contribution in [3.8, 4) is 0 Å². The van der Waals surface area contributed by atoms with E-state index in [1.807, 2.05) is 18.7 Å². The van der Waals surface area contributed by atoms with Gasteiger partial charge in [-0.3, -0.25) is 4.79 Å². The van der Waals surface area contributed by atoms with E-state index in [1.54, 1.807) is 7.11 Å². The van der Waals surface area contributed by atoms with Crippen LogP contribution in [-0.2, 0) is 9.53 Å². The summed E-state index contributed by atoms with van der Waals surface area (Å²) in [5, 5.41) is 9.81. The summed E-state index contributed by atoms with van der Waals surface area (Å²) in [7, 11) is 1.63. The molecule has 0 spiro atoms. The lowest BCUT2D eigenvalue weighted by atomic mass is 10.00. The van der Waals surface area contributed by atoms with E-state index >= 15 is 0 Å². The number of fused-ring (bicyclic) bond motifs is 1. The standard InChI is InChI=1S/C13H23NO3/c1-13(2,17-3)6-12(16)14-7-9-4-5-11(15)10(9)8-14/h9-11,15H,4-8H2,1-3H3. The second-order valence-corrected chi connectivity index (χ2v) is 6.01. The molecular weight excluding hydrogens is 218 g/mol. The molecule has 1 heterocycles. The van der Waals surface area contributed by atoms with E-state index in [2.05, 4.69) is 0 Å². The Morgan fingerprint density at radius 2 is 2.12 bits per heavy atom. The van der Waals surface area contributed by atoms with Gasteiger partial charge in [0.05, 0.1) is 18.1 Å². The van der Waals surface area contributed by atoms with Gasteiger partial charge in [0.15, 0.2) is 0 Å². The second-order valence-electron chi connectivity index (χ2n) is 6.01. The number of aliphatic hydroxyl groups is 1. The molecule has 4 heteroatoms. The third kappa shape index (κ3) is 2.63. The number of methoxy groups -OCH3 is 1. The van der Waals surface area contributed by atoms with E-state index in [0.29, 0.717) is 18.3 Å². The van der Waals surface area contributed by atoms with Gasteiger partial charge in [0.25, 0.3) is 0 Å². The number of hydrogen-bond donors (Lipinski definition) is 1. The summed E-state index contributed by atoms with van der Waals surface area (Å²) in [6, 6.07) is 0. The maximum Gasteiger partial charge on any atom is 0.225 e. The van der Waals surface area contributed by atoms with E-state index in [0.717, 1.165) is 25.9 Å². The number of nitrogens with zero attached hydrogens (tertiary/aromatic N) is 1. The number of carbonyl (C=O) groups excluding carboxylic acids is 1. The average Bonchev–Trinajstić information content (AvgIpc) is 2.81. The third-order valence-electron chi connectivity index (χ3n) is 4.30. The molecule has 0 aromatic rings. The van der Waals surface area contributed by atoms with Gasteiger partial charge in [-0.1, -0.05) is 0 Å². The second kappa shape index (κ2) is 4.58. The molecule has 3 unspecified atom stereocenters. The highest BCUT2D eigenvalue weighted by molar-refractivity contribution is 5.77. The van der Waals surface area contributed by atoms with Crippen LogP contribution in [0.5, 0.6) is 0 Å². The molecule has 3 atom stereocenters. The number of ether oxygens (including phenoxy) is 1. The van der Waals surface area contributed by atoms with Gasteiger partial charge in [-0.2, -0.15) is 0 Å². The molecular formula is C13H23NO3. The van der Waals surface area contributed by atoms with E-state index < -0.39 is 5.60 Å². The summed E-state index contributed by atoms with van der Waals surface area (Å²) < 4.78 is 5.29. The number of amides is 1. The van der Waals surface area contributed by atoms with Gasteiger partial charge in [-0.15, -0.1) is 0 Å². The normalized spacial score (nSPS) is 32.9. The van der Waals surface area contributed by atoms with Crippen LogP contribution in [0.15, 0.2) is 0 Å². The van der Waals surface area contributed by atoms with Crippen LogP contribution < -0.4 is 0 Å². The Balaban J connectivity index is 1.91. The minimum atomic E-state index is -0.395. The maximum atomic E-state index is 12.1. The van der Waals surface area contributed by atoms with Crippen LogP contribution in [0.2, 0.25) is 0 Å². The first-order valence-electron chi connectivity index (χ1n) is 6.44. The van der Waals surface area contributed by atoms with Gasteiger partial charge in [-0.25, -0.2) is 0 Å². The lowest BCUT2D eigenvalue weighted by Crippen LogP contribution is -2.37. The fraction of sp³-hybridized carbons (Fsp3) is 0.923. The Bertz CT molecular complexity index is 303. The van der Waals surface area contributed by atoms with Crippen molar-refractivity contribution in [3.05, 3.63) is 0 Å². The van der Waals surface area contributed by atoms with Gasteiger partial charge >= 0.3 is 0 Å². The van der Waals surface area contributed by atoms with Crippen LogP contribution in [-0.4, -0.2) is 47.8 Å². The zero-order valence-corrected chi connectivity index (χ0v) is 11.0. The molecule has 1 saturated carbocycles. The van der Waals surface area contributed by atoms with Crippen molar-refractivity contribution >= 4 is 5.91 Å². The Morgan fingerprint density at radius 1 is 1.41 bits per heavy atom. The fourth-order valence-electron chi connectivity index (χ4n) is 2.99. The molecule has 1 aliphatic carbocycles. The Morgan fingerprint density at radius 3 is 2.71 bits per heavy atom. The van der Waals surface area contributed by atoms with Crippen molar-refractivity contribution in [2.45, 2.75) is 44.8 Å². The van der Waals surface area contributed by atoms with Crippen LogP contribution >= 0.6 is 0 Å². The Kier molecular flexibility index (Phi) is 3.46. The van der Waals surface area contributed by atoms with Gasteiger partial charge < -0.3 is 14.7 Å². The number of aliphatic hydroxyl groups excluding tert-OH is 1. The number of carbonyl (C=O) groups is 1. The summed E-state index contributed by atoms with van der Waals surface area (Å²) in [5.74, 6) is 0.975.